The summed E-state index contributed by atoms with van der Waals surface area (Å²) in [6.07, 6.45) is 2.24. The minimum Gasteiger partial charge on any atom is -0.343 e. The van der Waals surface area contributed by atoms with Crippen molar-refractivity contribution in [2.24, 2.45) is 0 Å². The number of thiophene rings is 1. The Morgan fingerprint density at radius 1 is 1.12 bits per heavy atom. The van der Waals surface area contributed by atoms with Crippen LogP contribution in [0.4, 0.5) is 0 Å². The highest BCUT2D eigenvalue weighted by Gasteiger charge is 2.50. The second-order valence-corrected chi connectivity index (χ2v) is 9.04. The molecule has 0 spiro atoms. The van der Waals surface area contributed by atoms with Gasteiger partial charge in [-0.25, -0.2) is 0 Å². The van der Waals surface area contributed by atoms with Crippen molar-refractivity contribution in [1.82, 2.24) is 15.0 Å². The van der Waals surface area contributed by atoms with Crippen LogP contribution in [0.3, 0.4) is 0 Å². The Morgan fingerprint density at radius 2 is 1.96 bits per heavy atom. The number of benzene rings is 1. The van der Waals surface area contributed by atoms with E-state index in [1.54, 1.807) is 23.1 Å². The summed E-state index contributed by atoms with van der Waals surface area (Å²) in [5, 5.41) is 6.97. The lowest BCUT2D eigenvalue weighted by Gasteiger charge is -2.35. The molecular formula is C18H15Br2N3OS2. The van der Waals surface area contributed by atoms with E-state index < -0.39 is 4.87 Å². The quantitative estimate of drug-likeness (QED) is 0.313. The molecule has 0 saturated carbocycles. The maximum absolute atomic E-state index is 5.07. The van der Waals surface area contributed by atoms with E-state index in [2.05, 4.69) is 88.7 Å². The summed E-state index contributed by atoms with van der Waals surface area (Å²) < 4.78 is 5.07. The molecule has 0 fully saturated rings. The molecule has 1 aromatic carbocycles. The summed E-state index contributed by atoms with van der Waals surface area (Å²) in [5.41, 5.74) is 3.23. The van der Waals surface area contributed by atoms with Gasteiger partial charge in [-0.3, -0.25) is 0 Å². The molecule has 134 valence electrons. The molecule has 0 bridgehead atoms. The number of hydrogen-bond donors (Lipinski definition) is 0. The number of hydrogen-bond acceptors (Lipinski definition) is 6. The van der Waals surface area contributed by atoms with Crippen LogP contribution in [0.2, 0.25) is 0 Å². The van der Waals surface area contributed by atoms with Crippen molar-refractivity contribution < 1.29 is 4.52 Å². The molecule has 2 aromatic heterocycles. The van der Waals surface area contributed by atoms with Crippen LogP contribution in [0.15, 0.2) is 64.5 Å². The van der Waals surface area contributed by atoms with Crippen LogP contribution >= 0.6 is 55.0 Å². The fraction of sp³-hybridized carbons (Fsp3) is 0.222. The van der Waals surface area contributed by atoms with Gasteiger partial charge in [-0.15, -0.1) is 11.3 Å². The highest BCUT2D eigenvalue weighted by Crippen LogP contribution is 2.57. The van der Waals surface area contributed by atoms with Crippen LogP contribution in [-0.4, -0.2) is 25.8 Å². The fourth-order valence-corrected chi connectivity index (χ4v) is 7.10. The summed E-state index contributed by atoms with van der Waals surface area (Å²) >= 11 is 11.0. The topological polar surface area (TPSA) is 42.2 Å². The van der Waals surface area contributed by atoms with Crippen molar-refractivity contribution in [2.75, 3.05) is 10.8 Å². The highest BCUT2D eigenvalue weighted by molar-refractivity contribution is 9.09. The van der Waals surface area contributed by atoms with E-state index >= 15 is 0 Å². The SMILES string of the molecule is BrCN1C(Cc2ccccc2)=C(c2cccs2)SC1(CBr)c1ncon1. The summed E-state index contributed by atoms with van der Waals surface area (Å²) in [6.45, 7) is 0. The third kappa shape index (κ3) is 3.17. The Morgan fingerprint density at radius 3 is 2.58 bits per heavy atom. The molecule has 1 atom stereocenters. The molecule has 8 heteroatoms. The lowest BCUT2D eigenvalue weighted by atomic mass is 10.1. The average Bonchev–Trinajstić information content (AvgIpc) is 3.42. The second kappa shape index (κ2) is 7.88. The molecule has 3 heterocycles. The maximum Gasteiger partial charge on any atom is 0.213 e. The van der Waals surface area contributed by atoms with Crippen LogP contribution in [-0.2, 0) is 11.3 Å². The second-order valence-electron chi connectivity index (χ2n) is 5.74. The Bertz CT molecular complexity index is 885. The zero-order valence-electron chi connectivity index (χ0n) is 13.6. The summed E-state index contributed by atoms with van der Waals surface area (Å²) in [4.78, 5) is 8.80. The third-order valence-corrected chi connectivity index (χ3v) is 8.51. The molecule has 4 nitrogen and oxygen atoms in total. The third-order valence-electron chi connectivity index (χ3n) is 4.27. The van der Waals surface area contributed by atoms with Gasteiger partial charge in [-0.05, 0) is 17.0 Å². The van der Waals surface area contributed by atoms with Crippen LogP contribution in [0.1, 0.15) is 16.3 Å². The average molecular weight is 513 g/mol. The first kappa shape index (κ1) is 18.3. The minimum atomic E-state index is -0.445. The number of alkyl halides is 2. The number of halogens is 2. The number of rotatable bonds is 6. The van der Waals surface area contributed by atoms with Gasteiger partial charge in [-0.1, -0.05) is 85.2 Å². The Balaban J connectivity index is 1.83. The molecule has 1 unspecified atom stereocenters. The van der Waals surface area contributed by atoms with Gasteiger partial charge in [0.2, 0.25) is 12.2 Å². The van der Waals surface area contributed by atoms with Crippen molar-refractivity contribution in [3.8, 4) is 0 Å². The van der Waals surface area contributed by atoms with E-state index in [1.165, 1.54) is 27.4 Å². The van der Waals surface area contributed by atoms with Crippen molar-refractivity contribution in [2.45, 2.75) is 11.3 Å². The molecule has 0 amide bonds. The molecule has 1 aliphatic heterocycles. The van der Waals surface area contributed by atoms with Gasteiger partial charge in [0.25, 0.3) is 0 Å². The zero-order chi connectivity index (χ0) is 18.0. The summed E-state index contributed by atoms with van der Waals surface area (Å²) in [7, 11) is 0. The molecule has 0 aliphatic carbocycles. The zero-order valence-corrected chi connectivity index (χ0v) is 18.4. The van der Waals surface area contributed by atoms with Crippen LogP contribution in [0.5, 0.6) is 0 Å². The molecule has 0 radical (unpaired) electrons. The number of nitrogens with zero attached hydrogens (tertiary/aromatic N) is 3. The van der Waals surface area contributed by atoms with E-state index in [9.17, 15) is 0 Å². The first-order valence-corrected chi connectivity index (χ1v) is 11.9. The monoisotopic (exact) mass is 511 g/mol. The Labute approximate surface area is 176 Å². The molecule has 1 aliphatic rings. The largest absolute Gasteiger partial charge is 0.343 e. The van der Waals surface area contributed by atoms with Gasteiger partial charge in [0.1, 0.15) is 0 Å². The van der Waals surface area contributed by atoms with Crippen molar-refractivity contribution in [1.29, 1.82) is 0 Å². The summed E-state index contributed by atoms with van der Waals surface area (Å²) in [6, 6.07) is 14.8. The number of aromatic nitrogens is 2. The first-order valence-electron chi connectivity index (χ1n) is 7.95. The lowest BCUT2D eigenvalue weighted by molar-refractivity contribution is 0.271. The molecule has 26 heavy (non-hydrogen) atoms. The molecule has 3 aromatic rings. The van der Waals surface area contributed by atoms with Gasteiger partial charge in [0, 0.05) is 27.2 Å². The minimum absolute atomic E-state index is 0.445. The van der Waals surface area contributed by atoms with Crippen LogP contribution in [0.25, 0.3) is 4.91 Å². The van der Waals surface area contributed by atoms with E-state index in [1.807, 2.05) is 6.07 Å². The van der Waals surface area contributed by atoms with Crippen molar-refractivity contribution >= 4 is 59.9 Å². The summed E-state index contributed by atoms with van der Waals surface area (Å²) in [5.74, 6) is 0.677. The standard InChI is InChI=1S/C18H15Br2N3OS2/c19-10-18(17-21-12-24-22-17)23(11-20)14(9-13-5-2-1-3-6-13)16(26-18)15-7-4-8-25-15/h1-8,12H,9-11H2. The predicted molar refractivity (Wildman–Crippen MR) is 114 cm³/mol. The fourth-order valence-electron chi connectivity index (χ4n) is 3.03. The van der Waals surface area contributed by atoms with Gasteiger partial charge in [0.05, 0.1) is 5.45 Å². The van der Waals surface area contributed by atoms with Crippen LogP contribution in [0, 0.1) is 0 Å². The maximum atomic E-state index is 5.07. The van der Waals surface area contributed by atoms with E-state index in [0.29, 0.717) is 16.6 Å². The van der Waals surface area contributed by atoms with Crippen LogP contribution < -0.4 is 0 Å². The molecule has 0 saturated heterocycles. The van der Waals surface area contributed by atoms with E-state index in [-0.39, 0.29) is 0 Å². The lowest BCUT2D eigenvalue weighted by Crippen LogP contribution is -2.41. The van der Waals surface area contributed by atoms with Crippen molar-refractivity contribution in [3.05, 3.63) is 76.2 Å². The Hall–Kier alpha value is -1.09. The highest BCUT2D eigenvalue weighted by atomic mass is 79.9. The Kier molecular flexibility index (Phi) is 5.54. The van der Waals surface area contributed by atoms with E-state index in [0.717, 1.165) is 6.42 Å². The predicted octanol–water partition coefficient (Wildman–Crippen LogP) is 5.69. The molecule has 4 rings (SSSR count). The van der Waals surface area contributed by atoms with E-state index in [4.69, 9.17) is 4.52 Å². The van der Waals surface area contributed by atoms with Gasteiger partial charge in [-0.2, -0.15) is 4.98 Å². The number of allylic oxidation sites excluding steroid dienone is 1. The molecule has 0 N–H and O–H groups in total. The van der Waals surface area contributed by atoms with Gasteiger partial charge < -0.3 is 9.42 Å². The van der Waals surface area contributed by atoms with Crippen molar-refractivity contribution in [3.63, 3.8) is 0 Å². The normalized spacial score (nSPS) is 20.2. The smallest absolute Gasteiger partial charge is 0.213 e. The van der Waals surface area contributed by atoms with Gasteiger partial charge >= 0.3 is 0 Å². The first-order chi connectivity index (χ1) is 12.8. The molecular weight excluding hydrogens is 498 g/mol. The van der Waals surface area contributed by atoms with Gasteiger partial charge in [0.15, 0.2) is 4.87 Å². The number of thioether (sulfide) groups is 1.